The fourth-order valence-electron chi connectivity index (χ4n) is 4.08. The summed E-state index contributed by atoms with van der Waals surface area (Å²) in [6.45, 7) is 4.01. The van der Waals surface area contributed by atoms with Crippen molar-refractivity contribution in [3.8, 4) is 5.75 Å². The first-order chi connectivity index (χ1) is 15.1. The van der Waals surface area contributed by atoms with Crippen molar-refractivity contribution >= 4 is 17.5 Å². The summed E-state index contributed by atoms with van der Waals surface area (Å²) < 4.78 is 12.9. The van der Waals surface area contributed by atoms with Crippen LogP contribution in [0.25, 0.3) is 0 Å². The van der Waals surface area contributed by atoms with Crippen LogP contribution in [0.4, 0.5) is 5.69 Å². The van der Waals surface area contributed by atoms with Crippen LogP contribution in [-0.2, 0) is 20.9 Å². The molecule has 0 aliphatic carbocycles. The number of anilines is 1. The van der Waals surface area contributed by atoms with E-state index in [2.05, 4.69) is 10.4 Å². The van der Waals surface area contributed by atoms with Crippen LogP contribution in [0.2, 0.25) is 0 Å². The number of carbonyl (C=O) groups is 2. The molecule has 2 atom stereocenters. The Hall–Kier alpha value is -2.87. The van der Waals surface area contributed by atoms with Gasteiger partial charge in [0.15, 0.2) is 0 Å². The molecule has 1 aromatic carbocycles. The van der Waals surface area contributed by atoms with E-state index >= 15 is 0 Å². The lowest BCUT2D eigenvalue weighted by molar-refractivity contribution is -0.136. The molecule has 2 fully saturated rings. The molecule has 2 saturated heterocycles. The molecule has 166 valence electrons. The van der Waals surface area contributed by atoms with Gasteiger partial charge in [-0.3, -0.25) is 14.3 Å². The Balaban J connectivity index is 1.31. The first kappa shape index (κ1) is 21.4. The van der Waals surface area contributed by atoms with E-state index in [4.69, 9.17) is 9.47 Å². The number of ether oxygens (including phenoxy) is 2. The van der Waals surface area contributed by atoms with Crippen molar-refractivity contribution in [1.82, 2.24) is 14.7 Å². The van der Waals surface area contributed by atoms with Gasteiger partial charge in [0.25, 0.3) is 5.91 Å². The third-order valence-electron chi connectivity index (χ3n) is 5.83. The van der Waals surface area contributed by atoms with Crippen LogP contribution in [0.1, 0.15) is 37.7 Å². The van der Waals surface area contributed by atoms with Crippen LogP contribution in [0.15, 0.2) is 36.7 Å². The van der Waals surface area contributed by atoms with Gasteiger partial charge in [0.2, 0.25) is 5.91 Å². The highest BCUT2D eigenvalue weighted by molar-refractivity contribution is 5.94. The van der Waals surface area contributed by atoms with Gasteiger partial charge in [0.05, 0.1) is 17.9 Å². The van der Waals surface area contributed by atoms with E-state index in [1.165, 1.54) is 5.56 Å². The molecule has 2 aliphatic heterocycles. The number of piperidine rings is 1. The minimum Gasteiger partial charge on any atom is -0.491 e. The van der Waals surface area contributed by atoms with Crippen LogP contribution in [0.3, 0.4) is 0 Å². The number of aryl methyl sites for hydroxylation is 1. The fraction of sp³-hybridized carbons (Fsp3) is 0.522. The standard InChI is InChI=1S/C23H30N4O4/c1-17-7-9-20(10-8-17)31-16-19-5-2-3-11-27(19)22(28)15-26-14-18(13-24-26)25-23(29)21-6-4-12-30-21/h7-10,13-14,19,21H,2-6,11-12,15-16H2,1H3,(H,25,29). The van der Waals surface area contributed by atoms with Crippen molar-refractivity contribution in [3.63, 3.8) is 0 Å². The zero-order valence-corrected chi connectivity index (χ0v) is 18.0. The predicted octanol–water partition coefficient (Wildman–Crippen LogP) is 2.77. The van der Waals surface area contributed by atoms with Gasteiger partial charge >= 0.3 is 0 Å². The third kappa shape index (κ3) is 5.64. The summed E-state index contributed by atoms with van der Waals surface area (Å²) in [5, 5.41) is 7.06. The van der Waals surface area contributed by atoms with Crippen molar-refractivity contribution in [2.45, 2.75) is 57.7 Å². The summed E-state index contributed by atoms with van der Waals surface area (Å²) in [7, 11) is 0. The summed E-state index contributed by atoms with van der Waals surface area (Å²) in [6, 6.07) is 8.01. The normalized spacial score (nSPS) is 21.1. The lowest BCUT2D eigenvalue weighted by Crippen LogP contribution is -2.48. The van der Waals surface area contributed by atoms with Crippen LogP contribution in [0, 0.1) is 6.92 Å². The summed E-state index contributed by atoms with van der Waals surface area (Å²) in [4.78, 5) is 27.1. The molecule has 3 heterocycles. The number of benzene rings is 1. The molecule has 0 saturated carbocycles. The highest BCUT2D eigenvalue weighted by atomic mass is 16.5. The number of aromatic nitrogens is 2. The van der Waals surface area contributed by atoms with Crippen molar-refractivity contribution in [3.05, 3.63) is 42.2 Å². The quantitative estimate of drug-likeness (QED) is 0.736. The molecular formula is C23H30N4O4. The number of amides is 2. The van der Waals surface area contributed by atoms with Crippen LogP contribution >= 0.6 is 0 Å². The van der Waals surface area contributed by atoms with Crippen molar-refractivity contribution in [2.75, 3.05) is 25.1 Å². The van der Waals surface area contributed by atoms with Crippen LogP contribution in [-0.4, -0.2) is 58.4 Å². The Morgan fingerprint density at radius 1 is 1.19 bits per heavy atom. The van der Waals surface area contributed by atoms with E-state index in [0.717, 1.165) is 44.4 Å². The lowest BCUT2D eigenvalue weighted by atomic mass is 10.0. The molecule has 0 radical (unpaired) electrons. The number of nitrogens with zero attached hydrogens (tertiary/aromatic N) is 3. The van der Waals surface area contributed by atoms with Crippen LogP contribution in [0.5, 0.6) is 5.75 Å². The highest BCUT2D eigenvalue weighted by Crippen LogP contribution is 2.20. The Bertz CT molecular complexity index is 889. The maximum absolute atomic E-state index is 13.0. The fourth-order valence-corrected chi connectivity index (χ4v) is 4.08. The van der Waals surface area contributed by atoms with Crippen LogP contribution < -0.4 is 10.1 Å². The maximum Gasteiger partial charge on any atom is 0.253 e. The molecule has 31 heavy (non-hydrogen) atoms. The average Bonchev–Trinajstić information content (AvgIpc) is 3.46. The first-order valence-electron chi connectivity index (χ1n) is 11.0. The van der Waals surface area contributed by atoms with Crippen molar-refractivity contribution < 1.29 is 19.1 Å². The number of hydrogen-bond acceptors (Lipinski definition) is 5. The molecule has 4 rings (SSSR count). The van der Waals surface area contributed by atoms with E-state index in [9.17, 15) is 9.59 Å². The molecule has 2 aromatic rings. The largest absolute Gasteiger partial charge is 0.491 e. The molecule has 8 nitrogen and oxygen atoms in total. The molecular weight excluding hydrogens is 396 g/mol. The second kappa shape index (κ2) is 9.96. The number of carbonyl (C=O) groups excluding carboxylic acids is 2. The zero-order chi connectivity index (χ0) is 21.6. The van der Waals surface area contributed by atoms with Gasteiger partial charge in [0, 0.05) is 19.3 Å². The van der Waals surface area contributed by atoms with Gasteiger partial charge < -0.3 is 19.7 Å². The molecule has 8 heteroatoms. The Morgan fingerprint density at radius 3 is 2.81 bits per heavy atom. The van der Waals surface area contributed by atoms with E-state index < -0.39 is 6.10 Å². The highest BCUT2D eigenvalue weighted by Gasteiger charge is 2.28. The van der Waals surface area contributed by atoms with Gasteiger partial charge in [-0.25, -0.2) is 0 Å². The van der Waals surface area contributed by atoms with Crippen molar-refractivity contribution in [1.29, 1.82) is 0 Å². The summed E-state index contributed by atoms with van der Waals surface area (Å²) >= 11 is 0. The predicted molar refractivity (Wildman–Crippen MR) is 116 cm³/mol. The summed E-state index contributed by atoms with van der Waals surface area (Å²) in [5.41, 5.74) is 1.76. The average molecular weight is 427 g/mol. The Morgan fingerprint density at radius 2 is 2.03 bits per heavy atom. The second-order valence-corrected chi connectivity index (χ2v) is 8.28. The smallest absolute Gasteiger partial charge is 0.253 e. The summed E-state index contributed by atoms with van der Waals surface area (Å²) in [6.07, 6.45) is 7.50. The molecule has 1 aromatic heterocycles. The number of likely N-dealkylation sites (tertiary alicyclic amines) is 1. The van der Waals surface area contributed by atoms with Gasteiger partial charge in [-0.05, 0) is 51.2 Å². The number of rotatable bonds is 7. The lowest BCUT2D eigenvalue weighted by Gasteiger charge is -2.35. The van der Waals surface area contributed by atoms with E-state index in [0.29, 0.717) is 18.9 Å². The maximum atomic E-state index is 13.0. The first-order valence-corrected chi connectivity index (χ1v) is 11.0. The third-order valence-corrected chi connectivity index (χ3v) is 5.83. The number of nitrogens with one attached hydrogen (secondary N) is 1. The Kier molecular flexibility index (Phi) is 6.86. The molecule has 0 bridgehead atoms. The van der Waals surface area contributed by atoms with E-state index in [1.54, 1.807) is 17.1 Å². The Labute approximate surface area is 182 Å². The van der Waals surface area contributed by atoms with Gasteiger partial charge in [-0.15, -0.1) is 0 Å². The van der Waals surface area contributed by atoms with Crippen molar-refractivity contribution in [2.24, 2.45) is 0 Å². The van der Waals surface area contributed by atoms with Gasteiger partial charge in [-0.1, -0.05) is 17.7 Å². The monoisotopic (exact) mass is 426 g/mol. The molecule has 1 N–H and O–H groups in total. The van der Waals surface area contributed by atoms with Gasteiger partial charge in [-0.2, -0.15) is 5.10 Å². The van der Waals surface area contributed by atoms with E-state index in [-0.39, 0.29) is 24.4 Å². The minimum absolute atomic E-state index is 0.0114. The second-order valence-electron chi connectivity index (χ2n) is 8.28. The minimum atomic E-state index is -0.396. The molecule has 2 amide bonds. The summed E-state index contributed by atoms with van der Waals surface area (Å²) in [5.74, 6) is 0.673. The molecule has 2 unspecified atom stereocenters. The van der Waals surface area contributed by atoms with E-state index in [1.807, 2.05) is 36.1 Å². The molecule has 0 spiro atoms. The van der Waals surface area contributed by atoms with Gasteiger partial charge in [0.1, 0.15) is 25.0 Å². The SMILES string of the molecule is Cc1ccc(OCC2CCCCN2C(=O)Cn2cc(NC(=O)C3CCCO3)cn2)cc1. The molecule has 2 aliphatic rings. The number of hydrogen-bond donors (Lipinski definition) is 1. The topological polar surface area (TPSA) is 85.7 Å². The zero-order valence-electron chi connectivity index (χ0n) is 18.0.